The van der Waals surface area contributed by atoms with Gasteiger partial charge in [0.25, 0.3) is 0 Å². The minimum absolute atomic E-state index is 0.0779. The first kappa shape index (κ1) is 17.3. The van der Waals surface area contributed by atoms with Crippen molar-refractivity contribution in [1.82, 2.24) is 14.7 Å². The zero-order chi connectivity index (χ0) is 16.7. The van der Waals surface area contributed by atoms with E-state index in [1.807, 2.05) is 49.1 Å². The minimum atomic E-state index is -0.0779. The summed E-state index contributed by atoms with van der Waals surface area (Å²) in [4.78, 5) is 30.1. The van der Waals surface area contributed by atoms with Gasteiger partial charge in [-0.05, 0) is 26.0 Å². The van der Waals surface area contributed by atoms with Gasteiger partial charge in [0, 0.05) is 45.0 Å². The summed E-state index contributed by atoms with van der Waals surface area (Å²) in [6.45, 7) is 8.67. The number of piperazine rings is 1. The number of nitrogens with zero attached hydrogens (tertiary/aromatic N) is 3. The third-order valence-electron chi connectivity index (χ3n) is 4.16. The van der Waals surface area contributed by atoms with Crippen LogP contribution < -0.4 is 5.32 Å². The van der Waals surface area contributed by atoms with E-state index in [0.29, 0.717) is 19.6 Å². The van der Waals surface area contributed by atoms with Crippen molar-refractivity contribution in [3.63, 3.8) is 0 Å². The molecule has 1 heterocycles. The molecule has 2 rings (SSSR count). The Hall–Kier alpha value is -2.08. The fourth-order valence-corrected chi connectivity index (χ4v) is 2.70. The highest BCUT2D eigenvalue weighted by Gasteiger charge is 2.23. The van der Waals surface area contributed by atoms with Crippen LogP contribution in [0.4, 0.5) is 10.5 Å². The predicted octanol–water partition coefficient (Wildman–Crippen LogP) is 1.70. The minimum Gasteiger partial charge on any atom is -0.342 e. The Labute approximate surface area is 138 Å². The lowest BCUT2D eigenvalue weighted by Gasteiger charge is -2.35. The number of rotatable bonds is 5. The first-order valence-electron chi connectivity index (χ1n) is 8.25. The summed E-state index contributed by atoms with van der Waals surface area (Å²) in [6, 6.07) is 9.37. The molecule has 1 aromatic rings. The van der Waals surface area contributed by atoms with Crippen LogP contribution in [0.5, 0.6) is 0 Å². The summed E-state index contributed by atoms with van der Waals surface area (Å²) in [5, 5.41) is 2.90. The second-order valence-electron chi connectivity index (χ2n) is 5.63. The molecule has 1 N–H and O–H groups in total. The SMILES string of the molecule is CCN(CC)C(=O)CN1CCN(C(=O)Nc2ccccc2)CC1. The van der Waals surface area contributed by atoms with Crippen molar-refractivity contribution in [3.05, 3.63) is 30.3 Å². The van der Waals surface area contributed by atoms with Crippen LogP contribution in [-0.4, -0.2) is 72.5 Å². The van der Waals surface area contributed by atoms with Gasteiger partial charge in [0.05, 0.1) is 6.54 Å². The molecule has 126 valence electrons. The number of carbonyl (C=O) groups is 2. The van der Waals surface area contributed by atoms with E-state index in [4.69, 9.17) is 0 Å². The first-order valence-corrected chi connectivity index (χ1v) is 8.25. The zero-order valence-electron chi connectivity index (χ0n) is 14.0. The molecule has 0 unspecified atom stereocenters. The van der Waals surface area contributed by atoms with Crippen LogP contribution in [0, 0.1) is 0 Å². The van der Waals surface area contributed by atoms with Crippen LogP contribution in [0.25, 0.3) is 0 Å². The number of anilines is 1. The van der Waals surface area contributed by atoms with E-state index in [1.165, 1.54) is 0 Å². The summed E-state index contributed by atoms with van der Waals surface area (Å²) in [5.74, 6) is 0.164. The second kappa shape index (κ2) is 8.53. The number of para-hydroxylation sites is 1. The Balaban J connectivity index is 1.77. The number of benzene rings is 1. The number of carbonyl (C=O) groups excluding carboxylic acids is 2. The van der Waals surface area contributed by atoms with Crippen molar-refractivity contribution in [2.24, 2.45) is 0 Å². The normalized spacial score (nSPS) is 15.3. The summed E-state index contributed by atoms with van der Waals surface area (Å²) in [6.07, 6.45) is 0. The molecule has 23 heavy (non-hydrogen) atoms. The van der Waals surface area contributed by atoms with Gasteiger partial charge in [-0.3, -0.25) is 9.69 Å². The van der Waals surface area contributed by atoms with Gasteiger partial charge in [-0.15, -0.1) is 0 Å². The van der Waals surface area contributed by atoms with Crippen LogP contribution in [0.15, 0.2) is 30.3 Å². The molecule has 6 nitrogen and oxygen atoms in total. The highest BCUT2D eigenvalue weighted by Crippen LogP contribution is 2.09. The van der Waals surface area contributed by atoms with Crippen molar-refractivity contribution < 1.29 is 9.59 Å². The molecule has 0 aliphatic carbocycles. The van der Waals surface area contributed by atoms with E-state index in [9.17, 15) is 9.59 Å². The van der Waals surface area contributed by atoms with Crippen molar-refractivity contribution in [2.75, 3.05) is 51.1 Å². The van der Waals surface area contributed by atoms with Crippen molar-refractivity contribution >= 4 is 17.6 Å². The molecule has 6 heteroatoms. The summed E-state index contributed by atoms with van der Waals surface area (Å²) in [7, 11) is 0. The van der Waals surface area contributed by atoms with Crippen LogP contribution in [0.2, 0.25) is 0 Å². The molecular weight excluding hydrogens is 292 g/mol. The number of likely N-dealkylation sites (N-methyl/N-ethyl adjacent to an activating group) is 1. The molecule has 1 saturated heterocycles. The zero-order valence-corrected chi connectivity index (χ0v) is 14.0. The Morgan fingerprint density at radius 3 is 2.22 bits per heavy atom. The molecule has 0 bridgehead atoms. The van der Waals surface area contributed by atoms with Crippen molar-refractivity contribution in [1.29, 1.82) is 0 Å². The molecule has 1 aliphatic heterocycles. The van der Waals surface area contributed by atoms with Gasteiger partial charge in [-0.2, -0.15) is 0 Å². The largest absolute Gasteiger partial charge is 0.342 e. The maximum atomic E-state index is 12.2. The summed E-state index contributed by atoms with van der Waals surface area (Å²) in [5.41, 5.74) is 0.802. The number of hydrogen-bond donors (Lipinski definition) is 1. The molecule has 0 atom stereocenters. The van der Waals surface area contributed by atoms with E-state index in [2.05, 4.69) is 10.2 Å². The fourth-order valence-electron chi connectivity index (χ4n) is 2.70. The quantitative estimate of drug-likeness (QED) is 0.899. The lowest BCUT2D eigenvalue weighted by Crippen LogP contribution is -2.52. The van der Waals surface area contributed by atoms with E-state index in [1.54, 1.807) is 4.90 Å². The molecule has 0 spiro atoms. The van der Waals surface area contributed by atoms with Gasteiger partial charge in [0.1, 0.15) is 0 Å². The van der Waals surface area contributed by atoms with E-state index in [-0.39, 0.29) is 11.9 Å². The summed E-state index contributed by atoms with van der Waals surface area (Å²) < 4.78 is 0. The third-order valence-corrected chi connectivity index (χ3v) is 4.16. The monoisotopic (exact) mass is 318 g/mol. The first-order chi connectivity index (χ1) is 11.1. The van der Waals surface area contributed by atoms with Crippen LogP contribution >= 0.6 is 0 Å². The molecule has 0 saturated carbocycles. The van der Waals surface area contributed by atoms with E-state index in [0.717, 1.165) is 31.9 Å². The van der Waals surface area contributed by atoms with Gasteiger partial charge < -0.3 is 15.1 Å². The molecule has 1 aliphatic rings. The van der Waals surface area contributed by atoms with Gasteiger partial charge in [0.2, 0.25) is 5.91 Å². The highest BCUT2D eigenvalue weighted by molar-refractivity contribution is 5.89. The van der Waals surface area contributed by atoms with Crippen LogP contribution in [0.1, 0.15) is 13.8 Å². The Morgan fingerprint density at radius 2 is 1.65 bits per heavy atom. The molecular formula is C17H26N4O2. The number of amides is 3. The van der Waals surface area contributed by atoms with Crippen LogP contribution in [-0.2, 0) is 4.79 Å². The Kier molecular flexibility index (Phi) is 6.40. The number of urea groups is 1. The van der Waals surface area contributed by atoms with Gasteiger partial charge in [0.15, 0.2) is 0 Å². The predicted molar refractivity (Wildman–Crippen MR) is 91.4 cm³/mol. The average Bonchev–Trinajstić information content (AvgIpc) is 2.57. The van der Waals surface area contributed by atoms with Crippen LogP contribution in [0.3, 0.4) is 0 Å². The smallest absolute Gasteiger partial charge is 0.321 e. The van der Waals surface area contributed by atoms with E-state index < -0.39 is 0 Å². The molecule has 1 aromatic carbocycles. The second-order valence-corrected chi connectivity index (χ2v) is 5.63. The molecule has 0 radical (unpaired) electrons. The fraction of sp³-hybridized carbons (Fsp3) is 0.529. The van der Waals surface area contributed by atoms with Gasteiger partial charge >= 0.3 is 6.03 Å². The topological polar surface area (TPSA) is 55.9 Å². The van der Waals surface area contributed by atoms with Gasteiger partial charge in [-0.25, -0.2) is 4.79 Å². The van der Waals surface area contributed by atoms with E-state index >= 15 is 0 Å². The average molecular weight is 318 g/mol. The third kappa shape index (κ3) is 4.96. The lowest BCUT2D eigenvalue weighted by molar-refractivity contribution is -0.132. The Bertz CT molecular complexity index is 509. The molecule has 1 fully saturated rings. The Morgan fingerprint density at radius 1 is 1.04 bits per heavy atom. The maximum Gasteiger partial charge on any atom is 0.321 e. The van der Waals surface area contributed by atoms with Crippen molar-refractivity contribution in [2.45, 2.75) is 13.8 Å². The number of nitrogens with one attached hydrogen (secondary N) is 1. The van der Waals surface area contributed by atoms with Gasteiger partial charge in [-0.1, -0.05) is 18.2 Å². The molecule has 3 amide bonds. The number of hydrogen-bond acceptors (Lipinski definition) is 3. The lowest BCUT2D eigenvalue weighted by atomic mass is 10.3. The highest BCUT2D eigenvalue weighted by atomic mass is 16.2. The van der Waals surface area contributed by atoms with Crippen molar-refractivity contribution in [3.8, 4) is 0 Å². The summed E-state index contributed by atoms with van der Waals surface area (Å²) >= 11 is 0. The maximum absolute atomic E-state index is 12.2. The molecule has 0 aromatic heterocycles. The standard InChI is InChI=1S/C17H26N4O2/c1-3-20(4-2)16(22)14-19-10-12-21(13-11-19)17(23)18-15-8-6-5-7-9-15/h5-9H,3-4,10-14H2,1-2H3,(H,18,23).